The van der Waals surface area contributed by atoms with Crippen molar-refractivity contribution in [2.45, 2.75) is 46.3 Å². The Bertz CT molecular complexity index is 995. The fourth-order valence-electron chi connectivity index (χ4n) is 4.00. The van der Waals surface area contributed by atoms with Crippen LogP contribution >= 0.6 is 11.6 Å². The van der Waals surface area contributed by atoms with Crippen molar-refractivity contribution in [3.8, 4) is 0 Å². The van der Waals surface area contributed by atoms with Gasteiger partial charge in [-0.05, 0) is 48.7 Å². The van der Waals surface area contributed by atoms with Crippen LogP contribution in [-0.4, -0.2) is 50.1 Å². The molecule has 0 aromatic heterocycles. The van der Waals surface area contributed by atoms with Gasteiger partial charge in [-0.1, -0.05) is 44.5 Å². The highest BCUT2D eigenvalue weighted by atomic mass is 35.5. The van der Waals surface area contributed by atoms with E-state index in [1.54, 1.807) is 24.3 Å². The number of rotatable bonds is 7. The van der Waals surface area contributed by atoms with E-state index in [0.717, 1.165) is 30.7 Å². The lowest BCUT2D eigenvalue weighted by Crippen LogP contribution is -2.43. The van der Waals surface area contributed by atoms with E-state index >= 15 is 0 Å². The first kappa shape index (κ1) is 25.1. The molecule has 2 aromatic rings. The van der Waals surface area contributed by atoms with Crippen molar-refractivity contribution in [3.63, 3.8) is 0 Å². The Hall–Kier alpha value is -2.57. The second kappa shape index (κ2) is 10.6. The van der Waals surface area contributed by atoms with E-state index in [2.05, 4.69) is 5.32 Å². The quantitative estimate of drug-likeness (QED) is 0.602. The molecule has 0 aliphatic carbocycles. The fourth-order valence-corrected chi connectivity index (χ4v) is 4.22. The number of halogens is 1. The van der Waals surface area contributed by atoms with Crippen molar-refractivity contribution in [1.29, 1.82) is 0 Å². The molecule has 33 heavy (non-hydrogen) atoms. The van der Waals surface area contributed by atoms with Crippen molar-refractivity contribution < 1.29 is 14.3 Å². The van der Waals surface area contributed by atoms with E-state index in [-0.39, 0.29) is 17.9 Å². The van der Waals surface area contributed by atoms with Crippen molar-refractivity contribution in [2.24, 2.45) is 5.41 Å². The van der Waals surface area contributed by atoms with Crippen LogP contribution in [0.15, 0.2) is 42.5 Å². The van der Waals surface area contributed by atoms with Crippen LogP contribution < -0.4 is 10.2 Å². The number of ether oxygens (including phenoxy) is 1. The minimum absolute atomic E-state index is 0.0576. The van der Waals surface area contributed by atoms with Crippen LogP contribution in [-0.2, 0) is 16.1 Å². The van der Waals surface area contributed by atoms with E-state index in [1.165, 1.54) is 0 Å². The van der Waals surface area contributed by atoms with Gasteiger partial charge < -0.3 is 19.9 Å². The van der Waals surface area contributed by atoms with Crippen molar-refractivity contribution in [1.82, 2.24) is 4.90 Å². The Kier molecular flexibility index (Phi) is 8.03. The summed E-state index contributed by atoms with van der Waals surface area (Å²) < 4.78 is 5.82. The summed E-state index contributed by atoms with van der Waals surface area (Å²) in [6.45, 7) is 7.54. The van der Waals surface area contributed by atoms with Crippen LogP contribution in [0.5, 0.6) is 0 Å². The van der Waals surface area contributed by atoms with Crippen LogP contribution in [0.25, 0.3) is 0 Å². The third-order valence-corrected chi connectivity index (χ3v) is 6.01. The Labute approximate surface area is 201 Å². The molecule has 7 heteroatoms. The van der Waals surface area contributed by atoms with Gasteiger partial charge >= 0.3 is 0 Å². The molecule has 1 fully saturated rings. The average molecular weight is 472 g/mol. The smallest absolute Gasteiger partial charge is 0.257 e. The zero-order valence-corrected chi connectivity index (χ0v) is 20.9. The number of nitrogens with one attached hydrogen (secondary N) is 1. The molecule has 6 nitrogen and oxygen atoms in total. The van der Waals surface area contributed by atoms with Crippen LogP contribution in [0.4, 0.5) is 11.4 Å². The third-order valence-electron chi connectivity index (χ3n) is 5.68. The second-order valence-electron chi connectivity index (χ2n) is 9.74. The summed E-state index contributed by atoms with van der Waals surface area (Å²) in [5.74, 6) is -0.195. The van der Waals surface area contributed by atoms with Gasteiger partial charge in [0.2, 0.25) is 5.91 Å². The average Bonchev–Trinajstić information content (AvgIpc) is 3.25. The Balaban J connectivity index is 1.88. The monoisotopic (exact) mass is 471 g/mol. The maximum absolute atomic E-state index is 13.3. The molecule has 1 saturated heterocycles. The highest BCUT2D eigenvalue weighted by Crippen LogP contribution is 2.28. The number of carbonyl (C=O) groups excluding carboxylic acids is 2. The molecule has 0 radical (unpaired) electrons. The van der Waals surface area contributed by atoms with Gasteiger partial charge in [0.25, 0.3) is 5.91 Å². The lowest BCUT2D eigenvalue weighted by Gasteiger charge is -2.32. The summed E-state index contributed by atoms with van der Waals surface area (Å²) in [4.78, 5) is 30.0. The lowest BCUT2D eigenvalue weighted by molar-refractivity contribution is -0.141. The maximum atomic E-state index is 13.3. The second-order valence-corrected chi connectivity index (χ2v) is 10.1. The third kappa shape index (κ3) is 6.49. The molecule has 1 aliphatic rings. The lowest BCUT2D eigenvalue weighted by atomic mass is 9.94. The summed E-state index contributed by atoms with van der Waals surface area (Å²) in [6.07, 6.45) is 2.04. The van der Waals surface area contributed by atoms with Crippen molar-refractivity contribution >= 4 is 34.8 Å². The first-order valence-corrected chi connectivity index (χ1v) is 11.7. The molecule has 0 bridgehead atoms. The van der Waals surface area contributed by atoms with E-state index in [9.17, 15) is 9.59 Å². The number of nitrogens with zero attached hydrogens (tertiary/aromatic N) is 2. The molecule has 1 atom stereocenters. The highest BCUT2D eigenvalue weighted by molar-refractivity contribution is 6.34. The number of carbonyl (C=O) groups is 2. The molecule has 1 aliphatic heterocycles. The van der Waals surface area contributed by atoms with Crippen LogP contribution in [0.2, 0.25) is 5.02 Å². The molecule has 0 unspecified atom stereocenters. The molecule has 3 rings (SSSR count). The molecule has 2 aromatic carbocycles. The topological polar surface area (TPSA) is 61.9 Å². The highest BCUT2D eigenvalue weighted by Gasteiger charge is 2.31. The van der Waals surface area contributed by atoms with E-state index in [0.29, 0.717) is 29.4 Å². The molecule has 2 amide bonds. The largest absolute Gasteiger partial charge is 0.377 e. The van der Waals surface area contributed by atoms with Gasteiger partial charge in [0, 0.05) is 50.6 Å². The minimum Gasteiger partial charge on any atom is -0.377 e. The van der Waals surface area contributed by atoms with E-state index in [1.807, 2.05) is 62.9 Å². The van der Waals surface area contributed by atoms with Crippen LogP contribution in [0.3, 0.4) is 0 Å². The SMILES string of the molecule is CN(C)c1ccc(NC(=O)c2ccccc2Cl)cc1CN(C[C@H]1CCCO1)C(=O)C(C)(C)C. The number of amides is 2. The number of hydrogen-bond donors (Lipinski definition) is 1. The van der Waals surface area contributed by atoms with Crippen LogP contribution in [0.1, 0.15) is 49.5 Å². The predicted molar refractivity (Wildman–Crippen MR) is 134 cm³/mol. The first-order valence-electron chi connectivity index (χ1n) is 11.3. The number of hydrogen-bond acceptors (Lipinski definition) is 4. The summed E-state index contributed by atoms with van der Waals surface area (Å²) in [5, 5.41) is 3.34. The summed E-state index contributed by atoms with van der Waals surface area (Å²) in [6, 6.07) is 12.7. The molecular formula is C26H34ClN3O3. The van der Waals surface area contributed by atoms with Gasteiger partial charge in [-0.25, -0.2) is 0 Å². The molecular weight excluding hydrogens is 438 g/mol. The van der Waals surface area contributed by atoms with Gasteiger partial charge in [-0.3, -0.25) is 9.59 Å². The standard InChI is InChI=1S/C26H34ClN3O3/c1-26(2,3)25(32)30(17-20-9-8-14-33-20)16-18-15-19(12-13-23(18)29(4)5)28-24(31)21-10-6-7-11-22(21)27/h6-7,10-13,15,20H,8-9,14,16-17H2,1-5H3,(H,28,31)/t20-/m1/s1. The van der Waals surface area contributed by atoms with Crippen molar-refractivity contribution in [2.75, 3.05) is 37.5 Å². The normalized spacial score (nSPS) is 15.9. The maximum Gasteiger partial charge on any atom is 0.257 e. The summed E-state index contributed by atoms with van der Waals surface area (Å²) in [7, 11) is 3.94. The number of anilines is 2. The van der Waals surface area contributed by atoms with Gasteiger partial charge in [0.15, 0.2) is 0 Å². The van der Waals surface area contributed by atoms with Crippen molar-refractivity contribution in [3.05, 3.63) is 58.6 Å². The van der Waals surface area contributed by atoms with Gasteiger partial charge in [0.1, 0.15) is 0 Å². The summed E-state index contributed by atoms with van der Waals surface area (Å²) in [5.41, 5.74) is 2.51. The van der Waals surface area contributed by atoms with E-state index < -0.39 is 5.41 Å². The van der Waals surface area contributed by atoms with Crippen LogP contribution in [0, 0.1) is 5.41 Å². The number of benzene rings is 2. The zero-order chi connectivity index (χ0) is 24.2. The van der Waals surface area contributed by atoms with E-state index in [4.69, 9.17) is 16.3 Å². The minimum atomic E-state index is -0.507. The Morgan fingerprint density at radius 2 is 1.88 bits per heavy atom. The molecule has 0 saturated carbocycles. The Morgan fingerprint density at radius 3 is 2.48 bits per heavy atom. The molecule has 1 heterocycles. The summed E-state index contributed by atoms with van der Waals surface area (Å²) >= 11 is 6.19. The zero-order valence-electron chi connectivity index (χ0n) is 20.2. The van der Waals surface area contributed by atoms with Gasteiger partial charge in [0.05, 0.1) is 16.7 Å². The predicted octanol–water partition coefficient (Wildman–Crippen LogP) is 5.21. The molecule has 178 valence electrons. The fraction of sp³-hybridized carbons (Fsp3) is 0.462. The Morgan fingerprint density at radius 1 is 1.15 bits per heavy atom. The molecule has 0 spiro atoms. The molecule has 1 N–H and O–H groups in total. The van der Waals surface area contributed by atoms with Gasteiger partial charge in [-0.15, -0.1) is 0 Å². The van der Waals surface area contributed by atoms with Gasteiger partial charge in [-0.2, -0.15) is 0 Å². The first-order chi connectivity index (χ1) is 15.6.